The number of rotatable bonds is 12. The zero-order valence-electron chi connectivity index (χ0n) is 13.4. The van der Waals surface area contributed by atoms with Crippen molar-refractivity contribution in [2.45, 2.75) is 53.4 Å². The predicted molar refractivity (Wildman–Crippen MR) is 87.7 cm³/mol. The first-order chi connectivity index (χ1) is 9.13. The highest BCUT2D eigenvalue weighted by Gasteiger charge is 1.91. The molecule has 0 aliphatic carbocycles. The number of aliphatic imine (C=N–C) groups is 2. The first-order valence-electron chi connectivity index (χ1n) is 7.80. The second-order valence-corrected chi connectivity index (χ2v) is 5.87. The van der Waals surface area contributed by atoms with E-state index < -0.39 is 0 Å². The van der Waals surface area contributed by atoms with Crippen molar-refractivity contribution in [2.24, 2.45) is 21.8 Å². The lowest BCUT2D eigenvalue weighted by Crippen LogP contribution is -2.20. The average Bonchev–Trinajstić information content (AvgIpc) is 2.34. The maximum Gasteiger partial charge on any atom is 0.0510 e. The lowest BCUT2D eigenvalue weighted by Gasteiger charge is -2.01. The SMILES string of the molecule is CC(C)CCC=NCCNCCN=CCCC(C)C. The summed E-state index contributed by atoms with van der Waals surface area (Å²) in [5, 5.41) is 3.36. The van der Waals surface area contributed by atoms with Gasteiger partial charge >= 0.3 is 0 Å². The van der Waals surface area contributed by atoms with Crippen LogP contribution in [-0.4, -0.2) is 38.6 Å². The summed E-state index contributed by atoms with van der Waals surface area (Å²) in [6.07, 6.45) is 8.82. The first-order valence-corrected chi connectivity index (χ1v) is 7.80. The van der Waals surface area contributed by atoms with Gasteiger partial charge in [-0.05, 0) is 49.9 Å². The molecule has 0 saturated carbocycles. The van der Waals surface area contributed by atoms with Crippen LogP contribution >= 0.6 is 0 Å². The molecule has 0 aromatic carbocycles. The monoisotopic (exact) mass is 267 g/mol. The third-order valence-electron chi connectivity index (χ3n) is 2.84. The van der Waals surface area contributed by atoms with Crippen molar-refractivity contribution in [3.63, 3.8) is 0 Å². The largest absolute Gasteiger partial charge is 0.313 e. The van der Waals surface area contributed by atoms with Gasteiger partial charge in [-0.2, -0.15) is 0 Å². The topological polar surface area (TPSA) is 36.8 Å². The standard InChI is InChI=1S/C16H33N3/c1-15(2)7-5-9-17-11-13-19-14-12-18-10-6-8-16(3)4/h9-10,15-16,19H,5-8,11-14H2,1-4H3. The van der Waals surface area contributed by atoms with E-state index in [1.54, 1.807) is 0 Å². The molecule has 0 aromatic rings. The molecule has 0 aromatic heterocycles. The number of hydrogen-bond donors (Lipinski definition) is 1. The van der Waals surface area contributed by atoms with Gasteiger partial charge in [-0.15, -0.1) is 0 Å². The molecule has 0 spiro atoms. The maximum atomic E-state index is 4.38. The van der Waals surface area contributed by atoms with Crippen molar-refractivity contribution in [1.82, 2.24) is 5.32 Å². The van der Waals surface area contributed by atoms with Crippen molar-refractivity contribution >= 4 is 12.4 Å². The van der Waals surface area contributed by atoms with Crippen LogP contribution in [0, 0.1) is 11.8 Å². The molecular weight excluding hydrogens is 234 g/mol. The smallest absolute Gasteiger partial charge is 0.0510 e. The van der Waals surface area contributed by atoms with Gasteiger partial charge < -0.3 is 5.32 Å². The Bertz CT molecular complexity index is 208. The minimum absolute atomic E-state index is 0.776. The van der Waals surface area contributed by atoms with Crippen molar-refractivity contribution in [1.29, 1.82) is 0 Å². The average molecular weight is 267 g/mol. The van der Waals surface area contributed by atoms with E-state index >= 15 is 0 Å². The lowest BCUT2D eigenvalue weighted by molar-refractivity contribution is 0.605. The summed E-state index contributed by atoms with van der Waals surface area (Å²) >= 11 is 0. The maximum absolute atomic E-state index is 4.38. The van der Waals surface area contributed by atoms with E-state index in [0.29, 0.717) is 0 Å². The van der Waals surface area contributed by atoms with Gasteiger partial charge in [0, 0.05) is 13.1 Å². The van der Waals surface area contributed by atoms with E-state index in [9.17, 15) is 0 Å². The van der Waals surface area contributed by atoms with Crippen LogP contribution in [0.5, 0.6) is 0 Å². The molecule has 0 heterocycles. The second kappa shape index (κ2) is 13.7. The molecule has 0 saturated heterocycles. The van der Waals surface area contributed by atoms with Crippen LogP contribution in [0.4, 0.5) is 0 Å². The van der Waals surface area contributed by atoms with Crippen molar-refractivity contribution in [2.75, 3.05) is 26.2 Å². The van der Waals surface area contributed by atoms with E-state index in [1.807, 2.05) is 0 Å². The van der Waals surface area contributed by atoms with Crippen molar-refractivity contribution < 1.29 is 0 Å². The van der Waals surface area contributed by atoms with Gasteiger partial charge in [0.2, 0.25) is 0 Å². The summed E-state index contributed by atoms with van der Waals surface area (Å²) in [4.78, 5) is 8.77. The lowest BCUT2D eigenvalue weighted by atomic mass is 10.1. The highest BCUT2D eigenvalue weighted by Crippen LogP contribution is 2.01. The first kappa shape index (κ1) is 18.3. The van der Waals surface area contributed by atoms with Gasteiger partial charge in [-0.25, -0.2) is 0 Å². The van der Waals surface area contributed by atoms with Crippen LogP contribution in [-0.2, 0) is 0 Å². The van der Waals surface area contributed by atoms with Gasteiger partial charge in [0.25, 0.3) is 0 Å². The summed E-state index contributed by atoms with van der Waals surface area (Å²) in [5.41, 5.74) is 0. The third-order valence-corrected chi connectivity index (χ3v) is 2.84. The van der Waals surface area contributed by atoms with Crippen molar-refractivity contribution in [3.05, 3.63) is 0 Å². The molecule has 0 bridgehead atoms. The molecular formula is C16H33N3. The zero-order valence-corrected chi connectivity index (χ0v) is 13.4. The molecule has 0 aliphatic rings. The molecule has 0 unspecified atom stereocenters. The molecule has 3 heteroatoms. The second-order valence-electron chi connectivity index (χ2n) is 5.87. The molecule has 19 heavy (non-hydrogen) atoms. The summed E-state index contributed by atoms with van der Waals surface area (Å²) in [5.74, 6) is 1.55. The molecule has 0 amide bonds. The zero-order chi connectivity index (χ0) is 14.3. The highest BCUT2D eigenvalue weighted by atomic mass is 14.9. The van der Waals surface area contributed by atoms with E-state index in [0.717, 1.165) is 50.9 Å². The van der Waals surface area contributed by atoms with Crippen LogP contribution in [0.15, 0.2) is 9.98 Å². The molecule has 3 nitrogen and oxygen atoms in total. The van der Waals surface area contributed by atoms with E-state index in [4.69, 9.17) is 0 Å². The van der Waals surface area contributed by atoms with Gasteiger partial charge in [0.15, 0.2) is 0 Å². The fourth-order valence-corrected chi connectivity index (χ4v) is 1.59. The Kier molecular flexibility index (Phi) is 13.2. The Labute approximate surface area is 120 Å². The van der Waals surface area contributed by atoms with Gasteiger partial charge in [0.05, 0.1) is 13.1 Å². The Morgan fingerprint density at radius 2 is 1.21 bits per heavy atom. The van der Waals surface area contributed by atoms with Crippen LogP contribution in [0.2, 0.25) is 0 Å². The Morgan fingerprint density at radius 1 is 0.789 bits per heavy atom. The molecule has 1 N–H and O–H groups in total. The summed E-state index contributed by atoms with van der Waals surface area (Å²) in [6.45, 7) is 12.7. The van der Waals surface area contributed by atoms with Crippen LogP contribution in [0.25, 0.3) is 0 Å². The van der Waals surface area contributed by atoms with E-state index in [2.05, 4.69) is 55.4 Å². The summed E-state index contributed by atoms with van der Waals surface area (Å²) in [7, 11) is 0. The van der Waals surface area contributed by atoms with Crippen LogP contribution < -0.4 is 5.32 Å². The van der Waals surface area contributed by atoms with Gasteiger partial charge in [-0.1, -0.05) is 27.7 Å². The quantitative estimate of drug-likeness (QED) is 0.426. The number of nitrogens with one attached hydrogen (secondary N) is 1. The predicted octanol–water partition coefficient (Wildman–Crippen LogP) is 3.59. The molecule has 112 valence electrons. The molecule has 0 rings (SSSR count). The summed E-state index contributed by atoms with van der Waals surface area (Å²) < 4.78 is 0. The van der Waals surface area contributed by atoms with Crippen LogP contribution in [0.3, 0.4) is 0 Å². The number of nitrogens with zero attached hydrogens (tertiary/aromatic N) is 2. The fraction of sp³-hybridized carbons (Fsp3) is 0.875. The normalized spacial score (nSPS) is 12.5. The molecule has 0 atom stereocenters. The Balaban J connectivity index is 3.18. The Hall–Kier alpha value is -0.700. The minimum Gasteiger partial charge on any atom is -0.313 e. The minimum atomic E-state index is 0.776. The van der Waals surface area contributed by atoms with Crippen LogP contribution in [0.1, 0.15) is 53.4 Å². The van der Waals surface area contributed by atoms with Gasteiger partial charge in [-0.3, -0.25) is 9.98 Å². The summed E-state index contributed by atoms with van der Waals surface area (Å²) in [6, 6.07) is 0. The van der Waals surface area contributed by atoms with E-state index in [-0.39, 0.29) is 0 Å². The van der Waals surface area contributed by atoms with Gasteiger partial charge in [0.1, 0.15) is 0 Å². The highest BCUT2D eigenvalue weighted by molar-refractivity contribution is 5.57. The Morgan fingerprint density at radius 3 is 1.58 bits per heavy atom. The fourth-order valence-electron chi connectivity index (χ4n) is 1.59. The third kappa shape index (κ3) is 17.3. The number of hydrogen-bond acceptors (Lipinski definition) is 3. The molecule has 0 fully saturated rings. The van der Waals surface area contributed by atoms with E-state index in [1.165, 1.54) is 12.8 Å². The molecule has 0 radical (unpaired) electrons. The van der Waals surface area contributed by atoms with Crippen molar-refractivity contribution in [3.8, 4) is 0 Å². The molecule has 0 aliphatic heterocycles.